The quantitative estimate of drug-likeness (QED) is 0.618. The van der Waals surface area contributed by atoms with Gasteiger partial charge in [-0.3, -0.25) is 10.1 Å². The summed E-state index contributed by atoms with van der Waals surface area (Å²) in [6.45, 7) is 2.08. The largest absolute Gasteiger partial charge is 0.380 e. The van der Waals surface area contributed by atoms with Crippen LogP contribution in [0.2, 0.25) is 0 Å². The number of ether oxygens (including phenoxy) is 3. The highest BCUT2D eigenvalue weighted by atomic mass is 19.1. The van der Waals surface area contributed by atoms with Crippen molar-refractivity contribution in [3.05, 3.63) is 45.8 Å². The van der Waals surface area contributed by atoms with E-state index in [1.807, 2.05) is 6.08 Å². The van der Waals surface area contributed by atoms with E-state index in [1.165, 1.54) is 12.1 Å². The third-order valence-electron chi connectivity index (χ3n) is 4.82. The Bertz CT molecular complexity index is 683. The summed E-state index contributed by atoms with van der Waals surface area (Å²) in [5.74, 6) is -1.33. The average Bonchev–Trinajstić information content (AvgIpc) is 2.97. The molecule has 0 amide bonds. The average molecular weight is 321 g/mol. The first kappa shape index (κ1) is 14.7. The van der Waals surface area contributed by atoms with Crippen LogP contribution in [0.3, 0.4) is 0 Å². The molecule has 1 spiro atoms. The molecule has 6 nitrogen and oxygen atoms in total. The molecule has 4 rings (SSSR count). The SMILES string of the molecule is O=[N+]([O-])c1ccc(C2=CC3COCC(C2)C32OCCO2)c(F)c1. The van der Waals surface area contributed by atoms with Crippen LogP contribution in [-0.2, 0) is 14.2 Å². The molecule has 1 aromatic rings. The topological polar surface area (TPSA) is 70.8 Å². The Hall–Kier alpha value is -1.83. The summed E-state index contributed by atoms with van der Waals surface area (Å²) in [7, 11) is 0. The smallest absolute Gasteiger partial charge is 0.272 e. The molecule has 23 heavy (non-hydrogen) atoms. The van der Waals surface area contributed by atoms with Crippen LogP contribution >= 0.6 is 0 Å². The fourth-order valence-electron chi connectivity index (χ4n) is 3.79. The number of allylic oxidation sites excluding steroid dienone is 1. The Morgan fingerprint density at radius 2 is 2.04 bits per heavy atom. The van der Waals surface area contributed by atoms with Crippen molar-refractivity contribution in [1.82, 2.24) is 0 Å². The number of benzene rings is 1. The zero-order chi connectivity index (χ0) is 16.0. The Morgan fingerprint density at radius 1 is 1.26 bits per heavy atom. The second kappa shape index (κ2) is 5.36. The van der Waals surface area contributed by atoms with Crippen molar-refractivity contribution in [2.24, 2.45) is 11.8 Å². The van der Waals surface area contributed by atoms with Crippen molar-refractivity contribution in [2.45, 2.75) is 12.2 Å². The van der Waals surface area contributed by atoms with E-state index >= 15 is 0 Å². The zero-order valence-electron chi connectivity index (χ0n) is 12.4. The zero-order valence-corrected chi connectivity index (χ0v) is 12.4. The molecule has 2 aliphatic heterocycles. The van der Waals surface area contributed by atoms with Gasteiger partial charge in [0, 0.05) is 17.5 Å². The molecule has 0 N–H and O–H groups in total. The summed E-state index contributed by atoms with van der Waals surface area (Å²) >= 11 is 0. The minimum absolute atomic E-state index is 0.00154. The van der Waals surface area contributed by atoms with E-state index in [4.69, 9.17) is 14.2 Å². The standard InChI is InChI=1S/C16H16FNO5/c17-15-7-13(18(19)20)1-2-14(15)10-5-11-8-21-9-12(6-10)16(11)22-3-4-23-16/h1-2,5,7,11-12H,3-4,6,8-9H2. The van der Waals surface area contributed by atoms with E-state index in [-0.39, 0.29) is 17.5 Å². The molecule has 122 valence electrons. The van der Waals surface area contributed by atoms with Gasteiger partial charge in [0.25, 0.3) is 5.69 Å². The van der Waals surface area contributed by atoms with Gasteiger partial charge in [0.1, 0.15) is 5.82 Å². The number of nitro groups is 1. The summed E-state index contributed by atoms with van der Waals surface area (Å²) in [6.07, 6.45) is 2.50. The molecule has 1 aromatic carbocycles. The van der Waals surface area contributed by atoms with E-state index in [1.54, 1.807) is 0 Å². The fraction of sp³-hybridized carbons (Fsp3) is 0.500. The lowest BCUT2D eigenvalue weighted by atomic mass is 9.74. The summed E-state index contributed by atoms with van der Waals surface area (Å²) in [6, 6.07) is 3.78. The van der Waals surface area contributed by atoms with Crippen molar-refractivity contribution in [2.75, 3.05) is 26.4 Å². The van der Waals surface area contributed by atoms with Crippen LogP contribution in [0.4, 0.5) is 10.1 Å². The molecule has 2 unspecified atom stereocenters. The molecule has 2 fully saturated rings. The third-order valence-corrected chi connectivity index (χ3v) is 4.82. The number of hydrogen-bond acceptors (Lipinski definition) is 5. The van der Waals surface area contributed by atoms with E-state index in [2.05, 4.69) is 0 Å². The van der Waals surface area contributed by atoms with Crippen LogP contribution in [0.25, 0.3) is 5.57 Å². The molecule has 0 saturated carbocycles. The van der Waals surface area contributed by atoms with Crippen LogP contribution in [0.15, 0.2) is 24.3 Å². The first-order chi connectivity index (χ1) is 11.1. The lowest BCUT2D eigenvalue weighted by Gasteiger charge is -2.47. The van der Waals surface area contributed by atoms with Gasteiger partial charge in [-0.25, -0.2) is 4.39 Å². The molecule has 2 bridgehead atoms. The van der Waals surface area contributed by atoms with Gasteiger partial charge in [0.15, 0.2) is 5.79 Å². The Balaban J connectivity index is 1.71. The van der Waals surface area contributed by atoms with E-state index in [9.17, 15) is 14.5 Å². The molecule has 1 aliphatic carbocycles. The van der Waals surface area contributed by atoms with E-state index < -0.39 is 16.5 Å². The van der Waals surface area contributed by atoms with E-state index in [0.29, 0.717) is 38.4 Å². The molecule has 2 heterocycles. The van der Waals surface area contributed by atoms with Gasteiger partial charge in [-0.05, 0) is 18.1 Å². The minimum atomic E-state index is -0.654. The van der Waals surface area contributed by atoms with Gasteiger partial charge in [-0.1, -0.05) is 6.08 Å². The Morgan fingerprint density at radius 3 is 2.70 bits per heavy atom. The maximum atomic E-state index is 14.3. The number of non-ortho nitro benzene ring substituents is 1. The van der Waals surface area contributed by atoms with Gasteiger partial charge in [0.05, 0.1) is 43.3 Å². The number of halogens is 1. The van der Waals surface area contributed by atoms with Crippen molar-refractivity contribution < 1.29 is 23.5 Å². The summed E-state index contributed by atoms with van der Waals surface area (Å²) < 4.78 is 31.7. The molecule has 2 atom stereocenters. The predicted molar refractivity (Wildman–Crippen MR) is 78.1 cm³/mol. The second-order valence-electron chi connectivity index (χ2n) is 6.08. The van der Waals surface area contributed by atoms with Crippen LogP contribution < -0.4 is 0 Å². The second-order valence-corrected chi connectivity index (χ2v) is 6.08. The molecule has 7 heteroatoms. The predicted octanol–water partition coefficient (Wildman–Crippen LogP) is 2.53. The fourth-order valence-corrected chi connectivity index (χ4v) is 3.79. The molecule has 3 aliphatic rings. The van der Waals surface area contributed by atoms with Crippen molar-refractivity contribution in [3.63, 3.8) is 0 Å². The Labute approximate surface area is 132 Å². The summed E-state index contributed by atoms with van der Waals surface area (Å²) in [4.78, 5) is 10.1. The molecular weight excluding hydrogens is 305 g/mol. The molecule has 0 radical (unpaired) electrons. The number of hydrogen-bond donors (Lipinski definition) is 0. The summed E-state index contributed by atoms with van der Waals surface area (Å²) in [5.41, 5.74) is 0.992. The van der Waals surface area contributed by atoms with Gasteiger partial charge >= 0.3 is 0 Å². The highest BCUT2D eigenvalue weighted by Crippen LogP contribution is 2.48. The minimum Gasteiger partial charge on any atom is -0.380 e. The van der Waals surface area contributed by atoms with Gasteiger partial charge in [-0.2, -0.15) is 0 Å². The van der Waals surface area contributed by atoms with Crippen LogP contribution in [0.1, 0.15) is 12.0 Å². The first-order valence-electron chi connectivity index (χ1n) is 7.61. The monoisotopic (exact) mass is 321 g/mol. The highest BCUT2D eigenvalue weighted by molar-refractivity contribution is 5.69. The maximum absolute atomic E-state index is 14.3. The number of rotatable bonds is 2. The molecular formula is C16H16FNO5. The van der Waals surface area contributed by atoms with E-state index in [0.717, 1.165) is 11.6 Å². The van der Waals surface area contributed by atoms with Crippen molar-refractivity contribution >= 4 is 11.3 Å². The lowest BCUT2D eigenvalue weighted by Crippen LogP contribution is -2.54. The molecule has 0 aromatic heterocycles. The normalized spacial score (nSPS) is 28.7. The first-order valence-corrected chi connectivity index (χ1v) is 7.61. The number of nitrogens with zero attached hydrogens (tertiary/aromatic N) is 1. The van der Waals surface area contributed by atoms with Crippen LogP contribution in [0, 0.1) is 27.8 Å². The number of nitro benzene ring substituents is 1. The van der Waals surface area contributed by atoms with Crippen LogP contribution in [0.5, 0.6) is 0 Å². The van der Waals surface area contributed by atoms with Crippen LogP contribution in [-0.4, -0.2) is 37.1 Å². The van der Waals surface area contributed by atoms with Crippen molar-refractivity contribution in [3.8, 4) is 0 Å². The Kier molecular flexibility index (Phi) is 3.44. The lowest BCUT2D eigenvalue weighted by molar-refractivity contribution is -0.385. The van der Waals surface area contributed by atoms with Gasteiger partial charge in [0.2, 0.25) is 0 Å². The summed E-state index contributed by atoms with van der Waals surface area (Å²) in [5, 5.41) is 10.7. The maximum Gasteiger partial charge on any atom is 0.272 e. The highest BCUT2D eigenvalue weighted by Gasteiger charge is 2.54. The molecule has 2 saturated heterocycles. The van der Waals surface area contributed by atoms with Crippen molar-refractivity contribution in [1.29, 1.82) is 0 Å². The van der Waals surface area contributed by atoms with Gasteiger partial charge in [-0.15, -0.1) is 0 Å². The third kappa shape index (κ3) is 2.27. The van der Waals surface area contributed by atoms with Gasteiger partial charge < -0.3 is 14.2 Å².